The summed E-state index contributed by atoms with van der Waals surface area (Å²) in [6.45, 7) is 8.64. The van der Waals surface area contributed by atoms with Gasteiger partial charge in [-0.2, -0.15) is 0 Å². The van der Waals surface area contributed by atoms with Crippen LogP contribution in [0, 0.1) is 0 Å². The number of hydrogen-bond donors (Lipinski definition) is 2. The fraction of sp³-hybridized carbons (Fsp3) is 0.393. The molecule has 0 spiro atoms. The number of anilines is 1. The summed E-state index contributed by atoms with van der Waals surface area (Å²) in [5.74, 6) is 1.75. The lowest BCUT2D eigenvalue weighted by Crippen LogP contribution is -2.37. The Labute approximate surface area is 203 Å². The predicted molar refractivity (Wildman–Crippen MR) is 138 cm³/mol. The van der Waals surface area contributed by atoms with Crippen molar-refractivity contribution in [2.75, 3.05) is 51.8 Å². The molecule has 6 nitrogen and oxygen atoms in total. The van der Waals surface area contributed by atoms with Gasteiger partial charge in [-0.3, -0.25) is 4.90 Å². The summed E-state index contributed by atoms with van der Waals surface area (Å²) in [4.78, 5) is 7.10. The molecule has 2 heterocycles. The van der Waals surface area contributed by atoms with Crippen LogP contribution in [0.5, 0.6) is 5.75 Å². The highest BCUT2D eigenvalue weighted by molar-refractivity contribution is 5.80. The van der Waals surface area contributed by atoms with Crippen LogP contribution in [0.4, 0.5) is 5.82 Å². The lowest BCUT2D eigenvalue weighted by molar-refractivity contribution is 0.0378. The van der Waals surface area contributed by atoms with Crippen LogP contribution in [0.2, 0.25) is 0 Å². The van der Waals surface area contributed by atoms with Crippen molar-refractivity contribution >= 4 is 5.82 Å². The highest BCUT2D eigenvalue weighted by Crippen LogP contribution is 2.35. The van der Waals surface area contributed by atoms with Crippen LogP contribution in [0.3, 0.4) is 0 Å². The lowest BCUT2D eigenvalue weighted by atomic mass is 10.0. The van der Waals surface area contributed by atoms with E-state index >= 15 is 0 Å². The number of hydrogen-bond acceptors (Lipinski definition) is 6. The largest absolute Gasteiger partial charge is 0.496 e. The van der Waals surface area contributed by atoms with Crippen molar-refractivity contribution in [1.82, 2.24) is 15.2 Å². The van der Waals surface area contributed by atoms with Crippen LogP contribution in [0.15, 0.2) is 66.9 Å². The van der Waals surface area contributed by atoms with Crippen LogP contribution in [0.1, 0.15) is 30.5 Å². The summed E-state index contributed by atoms with van der Waals surface area (Å²) in [6, 6.07) is 21.3. The van der Waals surface area contributed by atoms with Gasteiger partial charge in [-0.15, -0.1) is 0 Å². The summed E-state index contributed by atoms with van der Waals surface area (Å²) in [6.07, 6.45) is 2.90. The second-order valence-corrected chi connectivity index (χ2v) is 8.68. The first-order valence-electron chi connectivity index (χ1n) is 12.2. The summed E-state index contributed by atoms with van der Waals surface area (Å²) in [5.41, 5.74) is 4.61. The quantitative estimate of drug-likeness (QED) is 0.403. The topological polar surface area (TPSA) is 58.7 Å². The number of aromatic nitrogens is 1. The number of pyridine rings is 1. The van der Waals surface area contributed by atoms with Crippen LogP contribution in [-0.2, 0) is 11.3 Å². The monoisotopic (exact) mass is 460 g/mol. The molecule has 1 atom stereocenters. The zero-order valence-electron chi connectivity index (χ0n) is 20.3. The molecule has 0 bridgehead atoms. The molecule has 2 N–H and O–H groups in total. The molecule has 180 valence electrons. The Balaban J connectivity index is 1.43. The van der Waals surface area contributed by atoms with Gasteiger partial charge in [-0.05, 0) is 55.3 Å². The number of nitrogens with zero attached hydrogens (tertiary/aromatic N) is 2. The van der Waals surface area contributed by atoms with E-state index in [1.165, 1.54) is 11.1 Å². The van der Waals surface area contributed by atoms with E-state index in [1.54, 1.807) is 7.11 Å². The SMILES string of the molecule is COc1ccc(CN[C@H](C)c2ccccc2)cc1-c1cccnc1NCCCN1CCOCC1. The summed E-state index contributed by atoms with van der Waals surface area (Å²) in [5, 5.41) is 7.19. The van der Waals surface area contributed by atoms with Gasteiger partial charge in [0.1, 0.15) is 11.6 Å². The van der Waals surface area contributed by atoms with Crippen molar-refractivity contribution in [3.8, 4) is 16.9 Å². The molecule has 2 aromatic carbocycles. The van der Waals surface area contributed by atoms with Crippen molar-refractivity contribution in [1.29, 1.82) is 0 Å². The maximum atomic E-state index is 5.72. The van der Waals surface area contributed by atoms with E-state index in [-0.39, 0.29) is 6.04 Å². The van der Waals surface area contributed by atoms with E-state index in [2.05, 4.69) is 76.0 Å². The van der Waals surface area contributed by atoms with Gasteiger partial charge >= 0.3 is 0 Å². The van der Waals surface area contributed by atoms with Gasteiger partial charge in [-0.1, -0.05) is 36.4 Å². The number of morpholine rings is 1. The first kappa shape index (κ1) is 24.2. The minimum absolute atomic E-state index is 0.272. The lowest BCUT2D eigenvalue weighted by Gasteiger charge is -2.26. The summed E-state index contributed by atoms with van der Waals surface area (Å²) < 4.78 is 11.2. The number of nitrogens with one attached hydrogen (secondary N) is 2. The number of ether oxygens (including phenoxy) is 2. The fourth-order valence-corrected chi connectivity index (χ4v) is 4.30. The maximum Gasteiger partial charge on any atom is 0.133 e. The molecular formula is C28H36N4O2. The Bertz CT molecular complexity index is 1020. The molecular weight excluding hydrogens is 424 g/mol. The third kappa shape index (κ3) is 6.56. The number of rotatable bonds is 11. The molecule has 0 aliphatic carbocycles. The van der Waals surface area contributed by atoms with Crippen molar-refractivity contribution < 1.29 is 9.47 Å². The van der Waals surface area contributed by atoms with Crippen LogP contribution in [0.25, 0.3) is 11.1 Å². The van der Waals surface area contributed by atoms with E-state index in [9.17, 15) is 0 Å². The van der Waals surface area contributed by atoms with E-state index in [4.69, 9.17) is 9.47 Å². The molecule has 0 unspecified atom stereocenters. The first-order chi connectivity index (χ1) is 16.7. The third-order valence-electron chi connectivity index (χ3n) is 6.32. The average molecular weight is 461 g/mol. The fourth-order valence-electron chi connectivity index (χ4n) is 4.30. The first-order valence-corrected chi connectivity index (χ1v) is 12.2. The van der Waals surface area contributed by atoms with Crippen molar-refractivity contribution in [2.45, 2.75) is 25.9 Å². The highest BCUT2D eigenvalue weighted by Gasteiger charge is 2.14. The molecule has 4 rings (SSSR count). The normalized spacial score (nSPS) is 15.1. The van der Waals surface area contributed by atoms with Gasteiger partial charge < -0.3 is 20.1 Å². The Morgan fingerprint density at radius 1 is 1.03 bits per heavy atom. The highest BCUT2D eigenvalue weighted by atomic mass is 16.5. The van der Waals surface area contributed by atoms with E-state index < -0.39 is 0 Å². The van der Waals surface area contributed by atoms with Gasteiger partial charge in [0.05, 0.1) is 20.3 Å². The van der Waals surface area contributed by atoms with Gasteiger partial charge in [0, 0.05) is 49.5 Å². The minimum Gasteiger partial charge on any atom is -0.496 e. The molecule has 0 radical (unpaired) electrons. The Morgan fingerprint density at radius 2 is 1.85 bits per heavy atom. The number of methoxy groups -OCH3 is 1. The second kappa shape index (κ2) is 12.5. The van der Waals surface area contributed by atoms with Crippen LogP contribution in [-0.4, -0.2) is 56.4 Å². The third-order valence-corrected chi connectivity index (χ3v) is 6.32. The van der Waals surface area contributed by atoms with Gasteiger partial charge in [0.2, 0.25) is 0 Å². The van der Waals surface area contributed by atoms with E-state index in [1.807, 2.05) is 18.3 Å². The van der Waals surface area contributed by atoms with Crippen molar-refractivity contribution in [2.24, 2.45) is 0 Å². The molecule has 1 aromatic heterocycles. The van der Waals surface area contributed by atoms with Crippen molar-refractivity contribution in [3.05, 3.63) is 78.0 Å². The van der Waals surface area contributed by atoms with Gasteiger partial charge in [-0.25, -0.2) is 4.98 Å². The molecule has 0 amide bonds. The predicted octanol–water partition coefficient (Wildman–Crippen LogP) is 4.74. The average Bonchev–Trinajstić information content (AvgIpc) is 2.91. The van der Waals surface area contributed by atoms with Crippen LogP contribution < -0.4 is 15.4 Å². The van der Waals surface area contributed by atoms with E-state index in [0.29, 0.717) is 0 Å². The molecule has 1 fully saturated rings. The summed E-state index contributed by atoms with van der Waals surface area (Å²) in [7, 11) is 1.72. The Kier molecular flexibility index (Phi) is 8.90. The van der Waals surface area contributed by atoms with Crippen molar-refractivity contribution in [3.63, 3.8) is 0 Å². The number of benzene rings is 2. The van der Waals surface area contributed by atoms with Gasteiger partial charge in [0.25, 0.3) is 0 Å². The van der Waals surface area contributed by atoms with Crippen LogP contribution >= 0.6 is 0 Å². The molecule has 3 aromatic rings. The maximum absolute atomic E-state index is 5.72. The molecule has 1 aliphatic rings. The molecule has 1 saturated heterocycles. The zero-order valence-corrected chi connectivity index (χ0v) is 20.3. The Hall–Kier alpha value is -2.93. The minimum atomic E-state index is 0.272. The summed E-state index contributed by atoms with van der Waals surface area (Å²) >= 11 is 0. The molecule has 1 aliphatic heterocycles. The standard InChI is InChI=1S/C28H36N4O2/c1-22(24-8-4-3-5-9-24)31-21-23-11-12-27(33-2)26(20-23)25-10-6-13-29-28(25)30-14-7-15-32-16-18-34-19-17-32/h3-6,8-13,20,22,31H,7,14-19,21H2,1-2H3,(H,29,30)/t22-/m1/s1. The molecule has 34 heavy (non-hydrogen) atoms. The second-order valence-electron chi connectivity index (χ2n) is 8.68. The van der Waals surface area contributed by atoms with E-state index in [0.717, 1.165) is 75.1 Å². The van der Waals surface area contributed by atoms with Gasteiger partial charge in [0.15, 0.2) is 0 Å². The molecule has 0 saturated carbocycles. The smallest absolute Gasteiger partial charge is 0.133 e. The molecule has 6 heteroatoms. The zero-order chi connectivity index (χ0) is 23.6. The Morgan fingerprint density at radius 3 is 2.65 bits per heavy atom.